The maximum absolute atomic E-state index is 10.7. The molecule has 7 nitrogen and oxygen atoms in total. The smallest absolute Gasteiger partial charge is 0.258 e. The number of thiazole rings is 1. The van der Waals surface area contributed by atoms with Gasteiger partial charge in [-0.25, -0.2) is 4.99 Å². The second-order valence-electron chi connectivity index (χ2n) is 7.13. The number of aliphatic imine (C=N–C) groups is 2. The van der Waals surface area contributed by atoms with Crippen molar-refractivity contribution in [3.63, 3.8) is 0 Å². The third-order valence-corrected chi connectivity index (χ3v) is 6.11. The molecule has 0 radical (unpaired) electrons. The molecule has 0 amide bonds. The molecule has 4 rings (SSSR count). The first-order valence-corrected chi connectivity index (χ1v) is 11.4. The molecule has 9 heteroatoms. The van der Waals surface area contributed by atoms with Crippen LogP contribution in [0.25, 0.3) is 6.08 Å². The number of nitrogens with zero attached hydrogens (tertiary/aromatic N) is 4. The first kappa shape index (κ1) is 22.5. The average molecular weight is 477 g/mol. The number of aryl methyl sites for hydroxylation is 1. The minimum absolute atomic E-state index is 0.0206. The van der Waals surface area contributed by atoms with E-state index in [9.17, 15) is 10.4 Å². The molecule has 0 aliphatic carbocycles. The molecular formula is C24H20N4O3S2. The minimum Gasteiger partial charge on any atom is -0.494 e. The first-order chi connectivity index (χ1) is 16.0. The Balaban J connectivity index is 1.57. The van der Waals surface area contributed by atoms with Gasteiger partial charge < -0.3 is 14.6 Å². The van der Waals surface area contributed by atoms with Crippen LogP contribution in [0.5, 0.6) is 11.6 Å². The Morgan fingerprint density at radius 3 is 2.64 bits per heavy atom. The van der Waals surface area contributed by atoms with E-state index in [2.05, 4.69) is 9.98 Å². The van der Waals surface area contributed by atoms with Crippen molar-refractivity contribution >= 4 is 46.9 Å². The first-order valence-electron chi connectivity index (χ1n) is 10.1. The number of rotatable bonds is 6. The second-order valence-corrected chi connectivity index (χ2v) is 8.80. The van der Waals surface area contributed by atoms with E-state index < -0.39 is 0 Å². The molecule has 0 atom stereocenters. The highest BCUT2D eigenvalue weighted by atomic mass is 32.1. The van der Waals surface area contributed by atoms with Crippen LogP contribution < -0.4 is 4.74 Å². The molecule has 1 aromatic heterocycles. The van der Waals surface area contributed by atoms with Crippen LogP contribution in [0.15, 0.2) is 64.4 Å². The predicted molar refractivity (Wildman–Crippen MR) is 132 cm³/mol. The van der Waals surface area contributed by atoms with Gasteiger partial charge in [0.15, 0.2) is 3.95 Å². The van der Waals surface area contributed by atoms with Crippen molar-refractivity contribution in [3.8, 4) is 17.7 Å². The number of nitriles is 1. The van der Waals surface area contributed by atoms with Gasteiger partial charge in [-0.05, 0) is 55.9 Å². The van der Waals surface area contributed by atoms with E-state index in [0.29, 0.717) is 27.7 Å². The Morgan fingerprint density at radius 2 is 1.97 bits per heavy atom. The number of hydrogen-bond acceptors (Lipinski definition) is 8. The Kier molecular flexibility index (Phi) is 6.68. The number of ether oxygens (including phenoxy) is 2. The van der Waals surface area contributed by atoms with E-state index in [-0.39, 0.29) is 23.4 Å². The Bertz CT molecular complexity index is 1360. The van der Waals surface area contributed by atoms with Crippen LogP contribution in [0.3, 0.4) is 0 Å². The van der Waals surface area contributed by atoms with Gasteiger partial charge in [-0.2, -0.15) is 10.3 Å². The zero-order valence-corrected chi connectivity index (χ0v) is 19.6. The Hall–Kier alpha value is -3.74. The molecular weight excluding hydrogens is 456 g/mol. The molecule has 0 bridgehead atoms. The van der Waals surface area contributed by atoms with Crippen molar-refractivity contribution in [2.75, 3.05) is 6.61 Å². The summed E-state index contributed by atoms with van der Waals surface area (Å²) in [6.07, 6.45) is 1.56. The fourth-order valence-electron chi connectivity index (χ4n) is 3.08. The van der Waals surface area contributed by atoms with Gasteiger partial charge in [-0.1, -0.05) is 29.8 Å². The summed E-state index contributed by atoms with van der Waals surface area (Å²) in [5.41, 5.74) is 2.84. The molecule has 2 heterocycles. The van der Waals surface area contributed by atoms with E-state index in [1.54, 1.807) is 34.9 Å². The van der Waals surface area contributed by atoms with Crippen LogP contribution in [0.1, 0.15) is 22.9 Å². The molecule has 0 fully saturated rings. The third kappa shape index (κ3) is 5.19. The van der Waals surface area contributed by atoms with E-state index >= 15 is 0 Å². The molecule has 0 saturated heterocycles. The van der Waals surface area contributed by atoms with Crippen LogP contribution in [-0.2, 0) is 11.3 Å². The molecule has 0 spiro atoms. The van der Waals surface area contributed by atoms with E-state index in [0.717, 1.165) is 16.9 Å². The maximum Gasteiger partial charge on any atom is 0.258 e. The van der Waals surface area contributed by atoms with Gasteiger partial charge in [-0.3, -0.25) is 4.57 Å². The van der Waals surface area contributed by atoms with Crippen LogP contribution in [0.4, 0.5) is 5.69 Å². The zero-order chi connectivity index (χ0) is 23.4. The maximum atomic E-state index is 10.7. The largest absolute Gasteiger partial charge is 0.494 e. The summed E-state index contributed by atoms with van der Waals surface area (Å²) >= 11 is 6.68. The molecule has 2 aromatic carbocycles. The van der Waals surface area contributed by atoms with Crippen LogP contribution >= 0.6 is 23.6 Å². The highest BCUT2D eigenvalue weighted by Crippen LogP contribution is 2.31. The van der Waals surface area contributed by atoms with Crippen molar-refractivity contribution in [1.29, 1.82) is 5.26 Å². The lowest BCUT2D eigenvalue weighted by Crippen LogP contribution is -2.07. The van der Waals surface area contributed by atoms with Gasteiger partial charge >= 0.3 is 0 Å². The van der Waals surface area contributed by atoms with Gasteiger partial charge in [0.05, 0.1) is 23.7 Å². The zero-order valence-electron chi connectivity index (χ0n) is 18.0. The summed E-state index contributed by atoms with van der Waals surface area (Å²) in [5, 5.41) is 20.2. The lowest BCUT2D eigenvalue weighted by Gasteiger charge is -2.05. The summed E-state index contributed by atoms with van der Waals surface area (Å²) in [6, 6.07) is 17.1. The molecule has 166 valence electrons. The Morgan fingerprint density at radius 1 is 1.24 bits per heavy atom. The molecule has 1 aliphatic heterocycles. The molecule has 1 aliphatic rings. The highest BCUT2D eigenvalue weighted by molar-refractivity contribution is 7.73. The highest BCUT2D eigenvalue weighted by Gasteiger charge is 2.23. The fourth-order valence-corrected chi connectivity index (χ4v) is 4.31. The number of benzene rings is 2. The van der Waals surface area contributed by atoms with Gasteiger partial charge in [0, 0.05) is 6.08 Å². The predicted octanol–water partition coefficient (Wildman–Crippen LogP) is 5.76. The van der Waals surface area contributed by atoms with Crippen molar-refractivity contribution < 1.29 is 14.6 Å². The topological polar surface area (TPSA) is 92.1 Å². The van der Waals surface area contributed by atoms with Crippen LogP contribution in [0, 0.1) is 22.2 Å². The van der Waals surface area contributed by atoms with E-state index in [1.807, 2.05) is 44.2 Å². The number of aromatic hydroxyl groups is 1. The van der Waals surface area contributed by atoms with Crippen molar-refractivity contribution in [2.24, 2.45) is 9.98 Å². The average Bonchev–Trinajstić information content (AvgIpc) is 3.31. The van der Waals surface area contributed by atoms with Crippen LogP contribution in [0.2, 0.25) is 0 Å². The quantitative estimate of drug-likeness (QED) is 0.457. The Labute approximate surface area is 200 Å². The van der Waals surface area contributed by atoms with Gasteiger partial charge in [0.2, 0.25) is 17.5 Å². The molecule has 1 N–H and O–H groups in total. The normalized spacial score (nSPS) is 15.4. The number of hydrogen-bond donors (Lipinski definition) is 1. The lowest BCUT2D eigenvalue weighted by molar-refractivity contribution is 0.340. The number of aromatic nitrogens is 1. The lowest BCUT2D eigenvalue weighted by atomic mass is 10.1. The monoisotopic (exact) mass is 476 g/mol. The molecule has 0 unspecified atom stereocenters. The van der Waals surface area contributed by atoms with Crippen molar-refractivity contribution in [3.05, 3.63) is 74.4 Å². The van der Waals surface area contributed by atoms with Gasteiger partial charge in [0.25, 0.3) is 5.90 Å². The minimum atomic E-state index is 0.0206. The molecule has 3 aromatic rings. The molecule has 0 saturated carbocycles. The summed E-state index contributed by atoms with van der Waals surface area (Å²) < 4.78 is 13.3. The fraction of sp³-hybridized carbons (Fsp3) is 0.167. The standard InChI is InChI=1S/C24H20N4O3S2/c1-3-30-18-10-8-17(9-11-18)26-22-19(13-25)27-21(31-22)12-20-23(29)28(24(32)33-20)14-16-6-4-15(2)5-7-16/h4-12,29H,3,14H2,1-2H3/b21-12+,26-22?. The summed E-state index contributed by atoms with van der Waals surface area (Å²) in [4.78, 5) is 9.05. The third-order valence-electron chi connectivity index (χ3n) is 4.72. The van der Waals surface area contributed by atoms with E-state index in [4.69, 9.17) is 21.7 Å². The SMILES string of the molecule is CCOc1ccc(N=C2O/C(=C/c3sc(=S)n(Cc4ccc(C)cc4)c3O)N=C2C#N)cc1. The molecule has 33 heavy (non-hydrogen) atoms. The van der Waals surface area contributed by atoms with Crippen LogP contribution in [-0.4, -0.2) is 27.9 Å². The van der Waals surface area contributed by atoms with Gasteiger partial charge in [0.1, 0.15) is 11.8 Å². The van der Waals surface area contributed by atoms with Gasteiger partial charge in [-0.15, -0.1) is 11.3 Å². The summed E-state index contributed by atoms with van der Waals surface area (Å²) in [7, 11) is 0. The second kappa shape index (κ2) is 9.81. The van der Waals surface area contributed by atoms with Crippen molar-refractivity contribution in [1.82, 2.24) is 4.57 Å². The summed E-state index contributed by atoms with van der Waals surface area (Å²) in [6.45, 7) is 4.95. The van der Waals surface area contributed by atoms with E-state index in [1.165, 1.54) is 11.3 Å². The summed E-state index contributed by atoms with van der Waals surface area (Å²) in [5.74, 6) is 1.00. The van der Waals surface area contributed by atoms with Crippen molar-refractivity contribution in [2.45, 2.75) is 20.4 Å².